The molecule has 1 aromatic heterocycles. The van der Waals surface area contributed by atoms with Gasteiger partial charge in [0.1, 0.15) is 0 Å². The summed E-state index contributed by atoms with van der Waals surface area (Å²) < 4.78 is 4.67. The summed E-state index contributed by atoms with van der Waals surface area (Å²) in [4.78, 5) is 26.6. The van der Waals surface area contributed by atoms with Gasteiger partial charge in [-0.05, 0) is 25.0 Å². The van der Waals surface area contributed by atoms with Crippen LogP contribution < -0.4 is 5.32 Å². The van der Waals surface area contributed by atoms with Crippen LogP contribution in [0, 0.1) is 0 Å². The third-order valence-electron chi connectivity index (χ3n) is 3.77. The second kappa shape index (κ2) is 7.56. The summed E-state index contributed by atoms with van der Waals surface area (Å²) in [5.74, 6) is -0.0351. The Bertz CT molecular complexity index is 493. The number of hydrogen-bond donors (Lipinski definition) is 1. The minimum absolute atomic E-state index is 0.166. The monoisotopic (exact) mass is 310 g/mol. The van der Waals surface area contributed by atoms with Crippen molar-refractivity contribution in [2.75, 3.05) is 20.2 Å². The molecule has 0 spiro atoms. The van der Waals surface area contributed by atoms with Gasteiger partial charge in [0.25, 0.3) is 0 Å². The van der Waals surface area contributed by atoms with Crippen LogP contribution in [0.25, 0.3) is 0 Å². The third kappa shape index (κ3) is 4.82. The molecule has 0 aromatic carbocycles. The first-order valence-corrected chi connectivity index (χ1v) is 8.03. The number of rotatable bonds is 5. The van der Waals surface area contributed by atoms with Gasteiger partial charge in [0.2, 0.25) is 5.91 Å². The summed E-state index contributed by atoms with van der Waals surface area (Å²) in [7, 11) is 1.41. The van der Waals surface area contributed by atoms with E-state index in [2.05, 4.69) is 16.1 Å². The van der Waals surface area contributed by atoms with Crippen LogP contribution in [0.3, 0.4) is 0 Å². The molecule has 0 unspecified atom stereocenters. The summed E-state index contributed by atoms with van der Waals surface area (Å²) in [5.41, 5.74) is 0. The van der Waals surface area contributed by atoms with Gasteiger partial charge in [-0.2, -0.15) is 0 Å². The molecule has 0 bridgehead atoms. The lowest BCUT2D eigenvalue weighted by molar-refractivity contribution is -0.139. The van der Waals surface area contributed by atoms with Gasteiger partial charge in [-0.3, -0.25) is 9.59 Å². The highest BCUT2D eigenvalue weighted by molar-refractivity contribution is 7.12. The number of esters is 1. The van der Waals surface area contributed by atoms with E-state index in [0.717, 1.165) is 37.4 Å². The number of piperidine rings is 1. The molecule has 1 aliphatic heterocycles. The first-order chi connectivity index (χ1) is 10.1. The number of thiophene rings is 1. The van der Waals surface area contributed by atoms with Crippen LogP contribution in [0.15, 0.2) is 12.1 Å². The largest absolute Gasteiger partial charge is 0.469 e. The molecule has 0 aliphatic carbocycles. The van der Waals surface area contributed by atoms with E-state index in [1.54, 1.807) is 18.3 Å². The van der Waals surface area contributed by atoms with Crippen molar-refractivity contribution in [2.45, 2.75) is 38.8 Å². The van der Waals surface area contributed by atoms with Gasteiger partial charge in [-0.25, -0.2) is 0 Å². The zero-order valence-electron chi connectivity index (χ0n) is 12.6. The van der Waals surface area contributed by atoms with Crippen LogP contribution >= 0.6 is 11.3 Å². The molecule has 6 heteroatoms. The average Bonchev–Trinajstić information content (AvgIpc) is 2.93. The van der Waals surface area contributed by atoms with Crippen molar-refractivity contribution in [2.24, 2.45) is 0 Å². The van der Waals surface area contributed by atoms with Gasteiger partial charge in [-0.1, -0.05) is 0 Å². The number of nitrogens with zero attached hydrogens (tertiary/aromatic N) is 1. The van der Waals surface area contributed by atoms with Gasteiger partial charge in [-0.15, -0.1) is 11.3 Å². The second-order valence-corrected chi connectivity index (χ2v) is 6.54. The Morgan fingerprint density at radius 1 is 1.33 bits per heavy atom. The SMILES string of the molecule is COC(=O)Cc1ccc(CNC2CCN(C(C)=O)CC2)s1. The van der Waals surface area contributed by atoms with Crippen LogP contribution in [-0.4, -0.2) is 43.0 Å². The number of nitrogens with one attached hydrogen (secondary N) is 1. The topological polar surface area (TPSA) is 58.6 Å². The van der Waals surface area contributed by atoms with E-state index >= 15 is 0 Å². The summed E-state index contributed by atoms with van der Waals surface area (Å²) >= 11 is 1.64. The lowest BCUT2D eigenvalue weighted by atomic mass is 10.1. The quantitative estimate of drug-likeness (QED) is 0.839. The number of ether oxygens (including phenoxy) is 1. The molecule has 1 aromatic rings. The van der Waals surface area contributed by atoms with Gasteiger partial charge < -0.3 is 15.0 Å². The fourth-order valence-electron chi connectivity index (χ4n) is 2.47. The van der Waals surface area contributed by atoms with Crippen molar-refractivity contribution in [1.29, 1.82) is 0 Å². The van der Waals surface area contributed by atoms with E-state index in [1.807, 2.05) is 11.0 Å². The minimum Gasteiger partial charge on any atom is -0.469 e. The number of hydrogen-bond acceptors (Lipinski definition) is 5. The molecule has 2 heterocycles. The molecule has 1 fully saturated rings. The highest BCUT2D eigenvalue weighted by atomic mass is 32.1. The highest BCUT2D eigenvalue weighted by Gasteiger charge is 2.20. The molecular weight excluding hydrogens is 288 g/mol. The van der Waals surface area contributed by atoms with E-state index in [0.29, 0.717) is 12.5 Å². The molecule has 1 saturated heterocycles. The number of methoxy groups -OCH3 is 1. The van der Waals surface area contributed by atoms with Crippen molar-refractivity contribution in [3.05, 3.63) is 21.9 Å². The normalized spacial score (nSPS) is 16.0. The van der Waals surface area contributed by atoms with Crippen molar-refractivity contribution in [3.63, 3.8) is 0 Å². The molecule has 2 rings (SSSR count). The predicted octanol–water partition coefficient (Wildman–Crippen LogP) is 1.56. The lowest BCUT2D eigenvalue weighted by Crippen LogP contribution is -2.43. The Balaban J connectivity index is 1.74. The molecule has 1 aliphatic rings. The maximum absolute atomic E-state index is 11.3. The first-order valence-electron chi connectivity index (χ1n) is 7.22. The Morgan fingerprint density at radius 2 is 2.00 bits per heavy atom. The molecule has 0 atom stereocenters. The Labute approximate surface area is 129 Å². The van der Waals surface area contributed by atoms with Crippen LogP contribution in [0.2, 0.25) is 0 Å². The van der Waals surface area contributed by atoms with Crippen molar-refractivity contribution in [1.82, 2.24) is 10.2 Å². The molecule has 0 saturated carbocycles. The van der Waals surface area contributed by atoms with Gasteiger partial charge in [0.05, 0.1) is 13.5 Å². The van der Waals surface area contributed by atoms with Gasteiger partial charge in [0, 0.05) is 42.4 Å². The predicted molar refractivity (Wildman–Crippen MR) is 82.2 cm³/mol. The molecule has 1 N–H and O–H groups in total. The van der Waals surface area contributed by atoms with E-state index in [9.17, 15) is 9.59 Å². The summed E-state index contributed by atoms with van der Waals surface area (Å²) in [6.45, 7) is 4.12. The minimum atomic E-state index is -0.201. The lowest BCUT2D eigenvalue weighted by Gasteiger charge is -2.31. The van der Waals surface area contributed by atoms with Crippen LogP contribution in [0.1, 0.15) is 29.5 Å². The van der Waals surface area contributed by atoms with Crippen molar-refractivity contribution < 1.29 is 14.3 Å². The number of likely N-dealkylation sites (tertiary alicyclic amines) is 1. The standard InChI is InChI=1S/C15H22N2O3S/c1-11(18)17-7-5-12(6-8-17)16-10-14-4-3-13(21-14)9-15(19)20-2/h3-4,12,16H,5-10H2,1-2H3. The first kappa shape index (κ1) is 16.0. The number of carbonyl (C=O) groups excluding carboxylic acids is 2. The van der Waals surface area contributed by atoms with Crippen molar-refractivity contribution in [3.8, 4) is 0 Å². The Morgan fingerprint density at radius 3 is 2.62 bits per heavy atom. The van der Waals surface area contributed by atoms with E-state index in [1.165, 1.54) is 12.0 Å². The van der Waals surface area contributed by atoms with E-state index in [-0.39, 0.29) is 11.9 Å². The van der Waals surface area contributed by atoms with Crippen LogP contribution in [0.5, 0.6) is 0 Å². The molecule has 0 radical (unpaired) electrons. The summed E-state index contributed by atoms with van der Waals surface area (Å²) in [6.07, 6.45) is 2.35. The molecule has 1 amide bonds. The Hall–Kier alpha value is -1.40. The third-order valence-corrected chi connectivity index (χ3v) is 4.85. The molecule has 116 valence electrons. The van der Waals surface area contributed by atoms with Gasteiger partial charge in [0.15, 0.2) is 0 Å². The maximum atomic E-state index is 11.3. The molecule has 21 heavy (non-hydrogen) atoms. The maximum Gasteiger partial charge on any atom is 0.310 e. The molecular formula is C15H22N2O3S. The second-order valence-electron chi connectivity index (χ2n) is 5.28. The van der Waals surface area contributed by atoms with Gasteiger partial charge >= 0.3 is 5.97 Å². The van der Waals surface area contributed by atoms with E-state index < -0.39 is 0 Å². The zero-order valence-corrected chi connectivity index (χ0v) is 13.4. The smallest absolute Gasteiger partial charge is 0.310 e. The zero-order chi connectivity index (χ0) is 15.2. The summed E-state index contributed by atoms with van der Waals surface area (Å²) in [5, 5.41) is 3.53. The molecule has 5 nitrogen and oxygen atoms in total. The van der Waals surface area contributed by atoms with Crippen LogP contribution in [-0.2, 0) is 27.3 Å². The number of amides is 1. The fourth-order valence-corrected chi connectivity index (χ4v) is 3.42. The van der Waals surface area contributed by atoms with Crippen molar-refractivity contribution >= 4 is 23.2 Å². The summed E-state index contributed by atoms with van der Waals surface area (Å²) in [6, 6.07) is 4.50. The average molecular weight is 310 g/mol. The Kier molecular flexibility index (Phi) is 5.76. The number of carbonyl (C=O) groups is 2. The highest BCUT2D eigenvalue weighted by Crippen LogP contribution is 2.18. The van der Waals surface area contributed by atoms with E-state index in [4.69, 9.17) is 0 Å². The fraction of sp³-hybridized carbons (Fsp3) is 0.600. The van der Waals surface area contributed by atoms with Crippen LogP contribution in [0.4, 0.5) is 0 Å².